The van der Waals surface area contributed by atoms with E-state index < -0.39 is 28.6 Å². The molecule has 1 aliphatic heterocycles. The first-order valence-electron chi connectivity index (χ1n) is 9.80. The van der Waals surface area contributed by atoms with Gasteiger partial charge in [0.25, 0.3) is 0 Å². The van der Waals surface area contributed by atoms with Crippen LogP contribution in [0, 0.1) is 24.0 Å². The number of benzene rings is 1. The number of pyridine rings is 1. The zero-order valence-corrected chi connectivity index (χ0v) is 17.0. The highest BCUT2D eigenvalue weighted by atomic mass is 19.1. The molecule has 0 amide bonds. The Bertz CT molecular complexity index is 1090. The minimum Gasteiger partial charge on any atom is -0.477 e. The smallest absolute Gasteiger partial charge is 0.341 e. The standard InChI is InChI=1S/C21H25F2N3O3/c1-10-14-17(26(11-5-6-11)7-12(19(14)27)20(28)29)16(23)18(15(10)22)25-8-13(24-4)21(2,3)9-25/h7,11,13,24H,5-6,8-9H2,1-4H3,(H,28,29). The number of nitrogens with one attached hydrogen (secondary N) is 1. The van der Waals surface area contributed by atoms with Gasteiger partial charge >= 0.3 is 5.97 Å². The van der Waals surface area contributed by atoms with Gasteiger partial charge in [-0.25, -0.2) is 13.6 Å². The number of halogens is 2. The van der Waals surface area contributed by atoms with Gasteiger partial charge in [0.15, 0.2) is 11.6 Å². The predicted octanol–water partition coefficient (Wildman–Crippen LogP) is 3.06. The maximum absolute atomic E-state index is 15.8. The second kappa shape index (κ2) is 6.52. The minimum absolute atomic E-state index is 0.00196. The van der Waals surface area contributed by atoms with Crippen molar-refractivity contribution >= 4 is 22.6 Å². The number of carboxylic acids is 1. The average molecular weight is 405 g/mol. The number of fused-ring (bicyclic) bond motifs is 1. The third-order valence-electron chi connectivity index (χ3n) is 6.34. The van der Waals surface area contributed by atoms with Crippen LogP contribution in [0.5, 0.6) is 0 Å². The largest absolute Gasteiger partial charge is 0.477 e. The molecule has 0 radical (unpaired) electrons. The maximum Gasteiger partial charge on any atom is 0.341 e. The predicted molar refractivity (Wildman–Crippen MR) is 107 cm³/mol. The summed E-state index contributed by atoms with van der Waals surface area (Å²) in [7, 11) is 1.83. The van der Waals surface area contributed by atoms with E-state index in [0.29, 0.717) is 13.1 Å². The van der Waals surface area contributed by atoms with Crippen molar-refractivity contribution in [2.45, 2.75) is 45.7 Å². The molecule has 1 saturated carbocycles. The summed E-state index contributed by atoms with van der Waals surface area (Å²) in [5.41, 5.74) is -1.65. The van der Waals surface area contributed by atoms with Gasteiger partial charge in [-0.3, -0.25) is 4.79 Å². The fourth-order valence-electron chi connectivity index (χ4n) is 4.56. The van der Waals surface area contributed by atoms with Crippen LogP contribution < -0.4 is 15.6 Å². The van der Waals surface area contributed by atoms with E-state index in [2.05, 4.69) is 5.32 Å². The quantitative estimate of drug-likeness (QED) is 0.818. The van der Waals surface area contributed by atoms with Crippen LogP contribution in [0.1, 0.15) is 48.7 Å². The summed E-state index contributed by atoms with van der Waals surface area (Å²) in [4.78, 5) is 26.0. The lowest BCUT2D eigenvalue weighted by Gasteiger charge is -2.25. The molecule has 2 fully saturated rings. The fourth-order valence-corrected chi connectivity index (χ4v) is 4.56. The molecule has 1 unspecified atom stereocenters. The molecule has 1 aromatic carbocycles. The van der Waals surface area contributed by atoms with E-state index >= 15 is 8.78 Å². The molecule has 2 N–H and O–H groups in total. The lowest BCUT2D eigenvalue weighted by Crippen LogP contribution is -2.38. The fraction of sp³-hybridized carbons (Fsp3) is 0.524. The zero-order valence-electron chi connectivity index (χ0n) is 17.0. The highest BCUT2D eigenvalue weighted by molar-refractivity contribution is 5.95. The number of anilines is 1. The number of hydrogen-bond donors (Lipinski definition) is 2. The number of hydrogen-bond acceptors (Lipinski definition) is 4. The monoisotopic (exact) mass is 405 g/mol. The van der Waals surface area contributed by atoms with Gasteiger partial charge in [-0.05, 0) is 32.2 Å². The number of aromatic nitrogens is 1. The Labute approximate surface area is 167 Å². The molecule has 1 aliphatic carbocycles. The molecule has 29 heavy (non-hydrogen) atoms. The Kier molecular flexibility index (Phi) is 4.45. The summed E-state index contributed by atoms with van der Waals surface area (Å²) in [6, 6.07) is -0.0270. The van der Waals surface area contributed by atoms with Crippen molar-refractivity contribution in [1.29, 1.82) is 0 Å². The van der Waals surface area contributed by atoms with Crippen molar-refractivity contribution in [2.75, 3.05) is 25.0 Å². The van der Waals surface area contributed by atoms with Crippen molar-refractivity contribution in [3.63, 3.8) is 0 Å². The number of likely N-dealkylation sites (N-methyl/N-ethyl adjacent to an activating group) is 1. The summed E-state index contributed by atoms with van der Waals surface area (Å²) in [5.74, 6) is -2.99. The lowest BCUT2D eigenvalue weighted by atomic mass is 9.88. The number of carboxylic acid groups (broad SMARTS) is 1. The van der Waals surface area contributed by atoms with Gasteiger partial charge in [-0.1, -0.05) is 13.8 Å². The SMILES string of the molecule is CNC1CN(c2c(F)c(C)c3c(=O)c(C(=O)O)cn(C4CC4)c3c2F)CC1(C)C. The summed E-state index contributed by atoms with van der Waals surface area (Å²) in [6.07, 6.45) is 2.74. The molecular weight excluding hydrogens is 380 g/mol. The van der Waals surface area contributed by atoms with Crippen molar-refractivity contribution < 1.29 is 18.7 Å². The van der Waals surface area contributed by atoms with E-state index in [0.717, 1.165) is 12.8 Å². The van der Waals surface area contributed by atoms with E-state index in [4.69, 9.17) is 0 Å². The minimum atomic E-state index is -1.39. The molecule has 156 valence electrons. The first kappa shape index (κ1) is 19.8. The molecular formula is C21H25F2N3O3. The van der Waals surface area contributed by atoms with E-state index in [-0.39, 0.29) is 39.7 Å². The summed E-state index contributed by atoms with van der Waals surface area (Å²) >= 11 is 0. The van der Waals surface area contributed by atoms with Crippen LogP contribution in [0.25, 0.3) is 10.9 Å². The molecule has 2 aliphatic rings. The number of aryl methyl sites for hydroxylation is 1. The Morgan fingerprint density at radius 3 is 2.45 bits per heavy atom. The number of nitrogens with zero attached hydrogens (tertiary/aromatic N) is 2. The van der Waals surface area contributed by atoms with Crippen LogP contribution in [0.15, 0.2) is 11.0 Å². The van der Waals surface area contributed by atoms with Crippen LogP contribution >= 0.6 is 0 Å². The molecule has 1 saturated heterocycles. The van der Waals surface area contributed by atoms with Crippen molar-refractivity contribution in [3.8, 4) is 0 Å². The van der Waals surface area contributed by atoms with Crippen LogP contribution in [0.4, 0.5) is 14.5 Å². The topological polar surface area (TPSA) is 74.6 Å². The second-order valence-corrected chi connectivity index (χ2v) is 8.85. The first-order chi connectivity index (χ1) is 13.6. The molecule has 2 heterocycles. The molecule has 4 rings (SSSR count). The Balaban J connectivity index is 2.02. The molecule has 0 spiro atoms. The third kappa shape index (κ3) is 2.92. The molecule has 1 aromatic heterocycles. The summed E-state index contributed by atoms with van der Waals surface area (Å²) < 4.78 is 32.7. The van der Waals surface area contributed by atoms with E-state index in [1.807, 2.05) is 20.9 Å². The Morgan fingerprint density at radius 1 is 1.28 bits per heavy atom. The van der Waals surface area contributed by atoms with Crippen LogP contribution in [-0.2, 0) is 0 Å². The molecule has 6 nitrogen and oxygen atoms in total. The number of aromatic carboxylic acids is 1. The van der Waals surface area contributed by atoms with Gasteiger partial charge in [0, 0.05) is 36.9 Å². The Morgan fingerprint density at radius 2 is 1.93 bits per heavy atom. The molecule has 2 aromatic rings. The van der Waals surface area contributed by atoms with Crippen LogP contribution in [-0.4, -0.2) is 41.8 Å². The Hall–Kier alpha value is -2.48. The van der Waals surface area contributed by atoms with Crippen molar-refractivity contribution in [1.82, 2.24) is 9.88 Å². The van der Waals surface area contributed by atoms with E-state index in [9.17, 15) is 14.7 Å². The average Bonchev–Trinajstić information content (AvgIpc) is 3.43. The van der Waals surface area contributed by atoms with Crippen molar-refractivity contribution in [3.05, 3.63) is 39.2 Å². The van der Waals surface area contributed by atoms with Gasteiger partial charge in [0.05, 0.1) is 10.9 Å². The number of rotatable bonds is 4. The normalized spacial score (nSPS) is 21.2. The molecule has 0 bridgehead atoms. The zero-order chi connectivity index (χ0) is 21.2. The number of carbonyl (C=O) groups is 1. The maximum atomic E-state index is 15.8. The van der Waals surface area contributed by atoms with Gasteiger partial charge in [0.1, 0.15) is 11.3 Å². The summed E-state index contributed by atoms with van der Waals surface area (Å²) in [6.45, 7) is 6.39. The lowest BCUT2D eigenvalue weighted by molar-refractivity contribution is 0.0695. The summed E-state index contributed by atoms with van der Waals surface area (Å²) in [5, 5.41) is 12.4. The second-order valence-electron chi connectivity index (χ2n) is 8.85. The highest BCUT2D eigenvalue weighted by Gasteiger charge is 2.41. The third-order valence-corrected chi connectivity index (χ3v) is 6.34. The van der Waals surface area contributed by atoms with E-state index in [1.165, 1.54) is 17.7 Å². The highest BCUT2D eigenvalue weighted by Crippen LogP contribution is 2.42. The molecule has 8 heteroatoms. The van der Waals surface area contributed by atoms with Gasteiger partial charge in [-0.2, -0.15) is 0 Å². The van der Waals surface area contributed by atoms with Gasteiger partial charge in [0.2, 0.25) is 5.43 Å². The van der Waals surface area contributed by atoms with E-state index in [1.54, 1.807) is 4.90 Å². The van der Waals surface area contributed by atoms with Crippen LogP contribution in [0.3, 0.4) is 0 Å². The first-order valence-corrected chi connectivity index (χ1v) is 9.80. The van der Waals surface area contributed by atoms with Crippen LogP contribution in [0.2, 0.25) is 0 Å². The molecule has 1 atom stereocenters. The van der Waals surface area contributed by atoms with Gasteiger partial charge in [-0.15, -0.1) is 0 Å². The van der Waals surface area contributed by atoms with Gasteiger partial charge < -0.3 is 19.9 Å². The van der Waals surface area contributed by atoms with Crippen molar-refractivity contribution in [2.24, 2.45) is 5.41 Å².